The zero-order chi connectivity index (χ0) is 22.7. The van der Waals surface area contributed by atoms with Gasteiger partial charge in [0.1, 0.15) is 0 Å². The lowest BCUT2D eigenvalue weighted by Crippen LogP contribution is -2.00. The molecule has 164 valence electrons. The van der Waals surface area contributed by atoms with E-state index in [4.69, 9.17) is 23.7 Å². The molecule has 10 nitrogen and oxygen atoms in total. The van der Waals surface area contributed by atoms with Crippen LogP contribution in [0.5, 0.6) is 28.7 Å². The van der Waals surface area contributed by atoms with E-state index in [9.17, 15) is 10.1 Å². The molecule has 10 heteroatoms. The maximum absolute atomic E-state index is 11.6. The fraction of sp³-hybridized carbons (Fsp3) is 0.286. The van der Waals surface area contributed by atoms with Crippen LogP contribution in [0.25, 0.3) is 22.5 Å². The monoisotopic (exact) mass is 429 g/mol. The first-order chi connectivity index (χ1) is 14.9. The van der Waals surface area contributed by atoms with E-state index in [2.05, 4.69) is 4.98 Å². The molecule has 1 heterocycles. The van der Waals surface area contributed by atoms with E-state index in [-0.39, 0.29) is 17.2 Å². The molecule has 0 radical (unpaired) electrons. The van der Waals surface area contributed by atoms with Crippen molar-refractivity contribution in [3.63, 3.8) is 0 Å². The average Bonchev–Trinajstić information content (AvgIpc) is 3.17. The van der Waals surface area contributed by atoms with E-state index in [1.807, 2.05) is 0 Å². The topological polar surface area (TPSA) is 107 Å². The van der Waals surface area contributed by atoms with Gasteiger partial charge in [0.25, 0.3) is 0 Å². The maximum atomic E-state index is 11.6. The summed E-state index contributed by atoms with van der Waals surface area (Å²) in [4.78, 5) is 15.6. The quantitative estimate of drug-likeness (QED) is 0.394. The first-order valence-corrected chi connectivity index (χ1v) is 9.12. The van der Waals surface area contributed by atoms with Crippen LogP contribution in [0.1, 0.15) is 0 Å². The second kappa shape index (κ2) is 8.82. The fourth-order valence-electron chi connectivity index (χ4n) is 3.42. The standard InChI is InChI=1S/C21H23N3O7/c1-23-11-22-18(12-8-16(28-3)21(31-6)17(9-12)29-4)19(23)13-7-14(24(25)26)20(30-5)15(10-13)27-2/h7-11H,1-6H3. The van der Waals surface area contributed by atoms with Crippen LogP contribution in [0, 0.1) is 10.1 Å². The lowest BCUT2D eigenvalue weighted by atomic mass is 10.0. The molecule has 0 aliphatic rings. The predicted molar refractivity (Wildman–Crippen MR) is 113 cm³/mol. The van der Waals surface area contributed by atoms with Crippen molar-refractivity contribution in [3.05, 3.63) is 40.7 Å². The minimum atomic E-state index is -0.514. The van der Waals surface area contributed by atoms with Crippen molar-refractivity contribution in [1.29, 1.82) is 0 Å². The van der Waals surface area contributed by atoms with Crippen molar-refractivity contribution in [3.8, 4) is 51.3 Å². The van der Waals surface area contributed by atoms with E-state index in [0.29, 0.717) is 39.8 Å². The number of rotatable bonds is 8. The molecule has 0 atom stereocenters. The number of aryl methyl sites for hydroxylation is 1. The summed E-state index contributed by atoms with van der Waals surface area (Å²) in [5.74, 6) is 1.67. The van der Waals surface area contributed by atoms with Crippen LogP contribution in [0.15, 0.2) is 30.6 Å². The highest BCUT2D eigenvalue weighted by molar-refractivity contribution is 5.83. The molecule has 3 aromatic rings. The van der Waals surface area contributed by atoms with E-state index < -0.39 is 4.92 Å². The van der Waals surface area contributed by atoms with Gasteiger partial charge in [-0.1, -0.05) is 0 Å². The van der Waals surface area contributed by atoms with Gasteiger partial charge in [0.2, 0.25) is 11.5 Å². The Bertz CT molecular complexity index is 1100. The van der Waals surface area contributed by atoms with Crippen molar-refractivity contribution in [2.24, 2.45) is 7.05 Å². The number of nitrogens with zero attached hydrogens (tertiary/aromatic N) is 3. The second-order valence-electron chi connectivity index (χ2n) is 6.45. The Labute approximate surface area is 179 Å². The SMILES string of the molecule is COc1cc(-c2ncn(C)c2-c2cc(OC)c(OC)c([N+](=O)[O-])c2)cc(OC)c1OC. The van der Waals surface area contributed by atoms with Gasteiger partial charge in [-0.05, 0) is 18.2 Å². The summed E-state index contributed by atoms with van der Waals surface area (Å²) >= 11 is 0. The van der Waals surface area contributed by atoms with Crippen molar-refractivity contribution in [2.45, 2.75) is 0 Å². The minimum Gasteiger partial charge on any atom is -0.493 e. The molecule has 31 heavy (non-hydrogen) atoms. The van der Waals surface area contributed by atoms with Crippen LogP contribution in [-0.2, 0) is 7.05 Å². The number of ether oxygens (including phenoxy) is 5. The third-order valence-electron chi connectivity index (χ3n) is 4.80. The van der Waals surface area contributed by atoms with Crippen molar-refractivity contribution in [2.75, 3.05) is 35.5 Å². The Morgan fingerprint density at radius 2 is 1.32 bits per heavy atom. The summed E-state index contributed by atoms with van der Waals surface area (Å²) in [6.07, 6.45) is 1.62. The van der Waals surface area contributed by atoms with Gasteiger partial charge in [-0.15, -0.1) is 0 Å². The van der Waals surface area contributed by atoms with Crippen LogP contribution < -0.4 is 23.7 Å². The Morgan fingerprint density at radius 3 is 1.81 bits per heavy atom. The van der Waals surface area contributed by atoms with Crippen LogP contribution >= 0.6 is 0 Å². The van der Waals surface area contributed by atoms with Gasteiger partial charge in [-0.2, -0.15) is 0 Å². The van der Waals surface area contributed by atoms with Crippen molar-refractivity contribution >= 4 is 5.69 Å². The highest BCUT2D eigenvalue weighted by Crippen LogP contribution is 2.45. The third kappa shape index (κ3) is 3.79. The summed E-state index contributed by atoms with van der Waals surface area (Å²) in [5, 5.41) is 11.6. The predicted octanol–water partition coefficient (Wildman–Crippen LogP) is 3.71. The average molecular weight is 429 g/mol. The first kappa shape index (κ1) is 21.8. The lowest BCUT2D eigenvalue weighted by molar-refractivity contribution is -0.385. The second-order valence-corrected chi connectivity index (χ2v) is 6.45. The van der Waals surface area contributed by atoms with E-state index in [1.165, 1.54) is 41.6 Å². The van der Waals surface area contributed by atoms with Gasteiger partial charge < -0.3 is 28.3 Å². The molecule has 0 spiro atoms. The summed E-state index contributed by atoms with van der Waals surface area (Å²) in [5.41, 5.74) is 2.21. The van der Waals surface area contributed by atoms with Gasteiger partial charge in [0.05, 0.1) is 58.2 Å². The molecule has 0 bridgehead atoms. The number of methoxy groups -OCH3 is 5. The molecule has 3 rings (SSSR count). The molecule has 0 N–H and O–H groups in total. The molecule has 0 aliphatic carbocycles. The zero-order valence-corrected chi connectivity index (χ0v) is 18.1. The Kier molecular flexibility index (Phi) is 6.19. The Hall–Kier alpha value is -3.95. The maximum Gasteiger partial charge on any atom is 0.315 e. The molecular formula is C21H23N3O7. The van der Waals surface area contributed by atoms with Crippen LogP contribution in [0.2, 0.25) is 0 Å². The molecule has 0 unspecified atom stereocenters. The Morgan fingerprint density at radius 1 is 0.806 bits per heavy atom. The molecule has 0 aliphatic heterocycles. The van der Waals surface area contributed by atoms with Gasteiger partial charge >= 0.3 is 5.69 Å². The van der Waals surface area contributed by atoms with Gasteiger partial charge in [0.15, 0.2) is 17.2 Å². The highest BCUT2D eigenvalue weighted by Gasteiger charge is 2.25. The van der Waals surface area contributed by atoms with Gasteiger partial charge in [0, 0.05) is 24.2 Å². The van der Waals surface area contributed by atoms with Crippen molar-refractivity contribution in [1.82, 2.24) is 9.55 Å². The number of nitro groups is 1. The van der Waals surface area contributed by atoms with Crippen LogP contribution in [-0.4, -0.2) is 50.0 Å². The fourth-order valence-corrected chi connectivity index (χ4v) is 3.42. The number of benzene rings is 2. The number of aromatic nitrogens is 2. The lowest BCUT2D eigenvalue weighted by Gasteiger charge is -2.15. The van der Waals surface area contributed by atoms with Crippen molar-refractivity contribution < 1.29 is 28.6 Å². The largest absolute Gasteiger partial charge is 0.493 e. The molecular weight excluding hydrogens is 406 g/mol. The van der Waals surface area contributed by atoms with Gasteiger partial charge in [-0.25, -0.2) is 4.98 Å². The highest BCUT2D eigenvalue weighted by atomic mass is 16.6. The number of imidazole rings is 1. The Balaban J connectivity index is 2.28. The van der Waals surface area contributed by atoms with E-state index in [1.54, 1.807) is 36.1 Å². The molecule has 0 saturated carbocycles. The molecule has 0 saturated heterocycles. The van der Waals surface area contributed by atoms with E-state index in [0.717, 1.165) is 0 Å². The molecule has 1 aromatic heterocycles. The number of hydrogen-bond acceptors (Lipinski definition) is 8. The van der Waals surface area contributed by atoms with E-state index >= 15 is 0 Å². The summed E-state index contributed by atoms with van der Waals surface area (Å²) in [6, 6.07) is 6.63. The number of nitro benzene ring substituents is 1. The summed E-state index contributed by atoms with van der Waals surface area (Å²) in [7, 11) is 9.15. The molecule has 0 fully saturated rings. The zero-order valence-electron chi connectivity index (χ0n) is 18.1. The van der Waals surface area contributed by atoms with Gasteiger partial charge in [-0.3, -0.25) is 10.1 Å². The number of hydrogen-bond donors (Lipinski definition) is 0. The molecule has 0 amide bonds. The summed E-state index contributed by atoms with van der Waals surface area (Å²) < 4.78 is 28.6. The first-order valence-electron chi connectivity index (χ1n) is 9.12. The van der Waals surface area contributed by atoms with Crippen LogP contribution in [0.4, 0.5) is 5.69 Å². The normalized spacial score (nSPS) is 10.5. The molecule has 2 aromatic carbocycles. The van der Waals surface area contributed by atoms with Crippen LogP contribution in [0.3, 0.4) is 0 Å². The smallest absolute Gasteiger partial charge is 0.315 e. The third-order valence-corrected chi connectivity index (χ3v) is 4.80. The minimum absolute atomic E-state index is 0.0488. The summed E-state index contributed by atoms with van der Waals surface area (Å²) in [6.45, 7) is 0.